The molecule has 0 radical (unpaired) electrons. The van der Waals surface area contributed by atoms with Crippen LogP contribution in [0.4, 0.5) is 4.39 Å². The zero-order chi connectivity index (χ0) is 16.4. The first-order valence-corrected chi connectivity index (χ1v) is 7.63. The maximum Gasteiger partial charge on any atom is 0.182 e. The van der Waals surface area contributed by atoms with Crippen LogP contribution in [0.15, 0.2) is 65.6 Å². The van der Waals surface area contributed by atoms with E-state index >= 15 is 0 Å². The van der Waals surface area contributed by atoms with Crippen molar-refractivity contribution in [3.63, 3.8) is 0 Å². The monoisotopic (exact) mass is 327 g/mol. The van der Waals surface area contributed by atoms with Crippen molar-refractivity contribution in [3.05, 3.63) is 93.0 Å². The molecule has 2 nitrogen and oxygen atoms in total. The van der Waals surface area contributed by atoms with E-state index < -0.39 is 0 Å². The minimum atomic E-state index is -0.271. The molecule has 116 valence electrons. The van der Waals surface area contributed by atoms with Gasteiger partial charge in [-0.3, -0.25) is 4.79 Å². The van der Waals surface area contributed by atoms with Crippen LogP contribution in [-0.4, -0.2) is 4.57 Å². The molecule has 0 atom stereocenters. The van der Waals surface area contributed by atoms with Crippen molar-refractivity contribution in [2.45, 2.75) is 13.5 Å². The van der Waals surface area contributed by atoms with Gasteiger partial charge in [0.2, 0.25) is 0 Å². The van der Waals surface area contributed by atoms with E-state index in [1.165, 1.54) is 18.2 Å². The summed E-state index contributed by atoms with van der Waals surface area (Å²) in [4.78, 5) is 11.8. The molecule has 4 heteroatoms. The normalized spacial score (nSPS) is 10.7. The fourth-order valence-corrected chi connectivity index (χ4v) is 2.76. The number of nitrogens with zero attached hydrogens (tertiary/aromatic N) is 1. The summed E-state index contributed by atoms with van der Waals surface area (Å²) < 4.78 is 15.8. The van der Waals surface area contributed by atoms with Crippen molar-refractivity contribution < 1.29 is 4.39 Å². The maximum atomic E-state index is 13.9. The summed E-state index contributed by atoms with van der Waals surface area (Å²) in [6.45, 7) is 2.24. The Morgan fingerprint density at radius 2 is 1.87 bits per heavy atom. The van der Waals surface area contributed by atoms with E-state index in [0.717, 1.165) is 11.1 Å². The Balaban J connectivity index is 2.14. The second kappa shape index (κ2) is 6.39. The summed E-state index contributed by atoms with van der Waals surface area (Å²) in [5, 5.41) is 0.598. The lowest BCUT2D eigenvalue weighted by atomic mass is 10.1. The Bertz CT molecular complexity index is 917. The van der Waals surface area contributed by atoms with Crippen molar-refractivity contribution in [1.82, 2.24) is 4.57 Å². The largest absolute Gasteiger partial charge is 0.343 e. The Labute approximate surface area is 138 Å². The average Bonchev–Trinajstić information content (AvgIpc) is 2.54. The van der Waals surface area contributed by atoms with Gasteiger partial charge in [-0.2, -0.15) is 0 Å². The predicted molar refractivity (Wildman–Crippen MR) is 91.4 cm³/mol. The average molecular weight is 328 g/mol. The van der Waals surface area contributed by atoms with Crippen LogP contribution in [-0.2, 0) is 6.54 Å². The smallest absolute Gasteiger partial charge is 0.182 e. The third-order valence-corrected chi connectivity index (χ3v) is 4.28. The lowest BCUT2D eigenvalue weighted by Gasteiger charge is -2.16. The molecule has 0 N–H and O–H groups in total. The lowest BCUT2D eigenvalue weighted by molar-refractivity contribution is 0.600. The third kappa shape index (κ3) is 3.20. The molecule has 0 aliphatic rings. The Morgan fingerprint density at radius 3 is 2.65 bits per heavy atom. The number of aromatic nitrogens is 1. The number of rotatable bonds is 3. The maximum absolute atomic E-state index is 13.9. The molecule has 0 bridgehead atoms. The summed E-state index contributed by atoms with van der Waals surface area (Å²) in [7, 11) is 0. The van der Waals surface area contributed by atoms with Crippen LogP contribution in [0.5, 0.6) is 0 Å². The van der Waals surface area contributed by atoms with Crippen LogP contribution >= 0.6 is 11.6 Å². The number of pyridine rings is 1. The molecule has 2 aromatic carbocycles. The molecule has 3 aromatic rings. The van der Waals surface area contributed by atoms with E-state index in [4.69, 9.17) is 11.6 Å². The summed E-state index contributed by atoms with van der Waals surface area (Å²) >= 11 is 6.40. The molecule has 0 saturated carbocycles. The zero-order valence-electron chi connectivity index (χ0n) is 12.6. The highest BCUT2D eigenvalue weighted by molar-refractivity contribution is 6.34. The second-order valence-electron chi connectivity index (χ2n) is 5.40. The van der Waals surface area contributed by atoms with Gasteiger partial charge in [-0.15, -0.1) is 0 Å². The molecule has 0 fully saturated rings. The molecule has 1 heterocycles. The molecule has 1 aromatic heterocycles. The summed E-state index contributed by atoms with van der Waals surface area (Å²) in [5.74, 6) is -0.271. The predicted octanol–water partition coefficient (Wildman–Crippen LogP) is 4.66. The molecule has 23 heavy (non-hydrogen) atoms. The molecule has 0 aliphatic carbocycles. The fourth-order valence-electron chi connectivity index (χ4n) is 2.54. The highest BCUT2D eigenvalue weighted by Crippen LogP contribution is 2.30. The summed E-state index contributed by atoms with van der Waals surface area (Å²) in [6, 6.07) is 15.3. The van der Waals surface area contributed by atoms with E-state index in [9.17, 15) is 9.18 Å². The number of halogens is 2. The third-order valence-electron chi connectivity index (χ3n) is 3.77. The highest BCUT2D eigenvalue weighted by Gasteiger charge is 2.11. The second-order valence-corrected chi connectivity index (χ2v) is 5.78. The molecular weight excluding hydrogens is 313 g/mol. The van der Waals surface area contributed by atoms with Crippen LogP contribution in [0.2, 0.25) is 5.02 Å². The van der Waals surface area contributed by atoms with E-state index in [1.807, 2.05) is 29.7 Å². The highest BCUT2D eigenvalue weighted by atomic mass is 35.5. The SMILES string of the molecule is Cc1cccc(-c2cc(=O)ccn2Cc2ccccc2F)c1Cl. The minimum Gasteiger partial charge on any atom is -0.343 e. The summed E-state index contributed by atoms with van der Waals surface area (Å²) in [6.07, 6.45) is 1.67. The van der Waals surface area contributed by atoms with Gasteiger partial charge in [0, 0.05) is 29.5 Å². The molecular formula is C19H15ClFNO. The van der Waals surface area contributed by atoms with E-state index in [1.54, 1.807) is 24.4 Å². The first-order valence-electron chi connectivity index (χ1n) is 7.25. The quantitative estimate of drug-likeness (QED) is 0.685. The summed E-state index contributed by atoms with van der Waals surface area (Å²) in [5.41, 5.74) is 2.82. The van der Waals surface area contributed by atoms with E-state index in [0.29, 0.717) is 22.8 Å². The molecule has 0 saturated heterocycles. The molecule has 3 rings (SSSR count). The van der Waals surface area contributed by atoms with Crippen LogP contribution in [0.1, 0.15) is 11.1 Å². The molecule has 0 amide bonds. The van der Waals surface area contributed by atoms with Gasteiger partial charge in [-0.25, -0.2) is 4.39 Å². The van der Waals surface area contributed by atoms with Crippen LogP contribution in [0, 0.1) is 12.7 Å². The van der Waals surface area contributed by atoms with Gasteiger partial charge >= 0.3 is 0 Å². The van der Waals surface area contributed by atoms with Crippen LogP contribution in [0.3, 0.4) is 0 Å². The van der Waals surface area contributed by atoms with Crippen LogP contribution in [0.25, 0.3) is 11.3 Å². The van der Waals surface area contributed by atoms with Gasteiger partial charge in [0.15, 0.2) is 5.43 Å². The minimum absolute atomic E-state index is 0.109. The number of benzene rings is 2. The topological polar surface area (TPSA) is 22.0 Å². The standard InChI is InChI=1S/C19H15ClFNO/c1-13-5-4-7-16(19(13)20)18-11-15(23)9-10-22(18)12-14-6-2-3-8-17(14)21/h2-11H,12H2,1H3. The van der Waals surface area contributed by atoms with E-state index in [-0.39, 0.29) is 11.2 Å². The van der Waals surface area contributed by atoms with Gasteiger partial charge in [-0.05, 0) is 18.6 Å². The molecule has 0 aliphatic heterocycles. The van der Waals surface area contributed by atoms with Crippen molar-refractivity contribution in [3.8, 4) is 11.3 Å². The molecule has 0 unspecified atom stereocenters. The number of hydrogen-bond acceptors (Lipinski definition) is 1. The van der Waals surface area contributed by atoms with Gasteiger partial charge in [0.05, 0.1) is 17.3 Å². The number of aryl methyl sites for hydroxylation is 1. The van der Waals surface area contributed by atoms with Gasteiger partial charge in [0.25, 0.3) is 0 Å². The Morgan fingerprint density at radius 1 is 1.09 bits per heavy atom. The van der Waals surface area contributed by atoms with Crippen molar-refractivity contribution >= 4 is 11.6 Å². The van der Waals surface area contributed by atoms with Crippen LogP contribution < -0.4 is 5.43 Å². The Hall–Kier alpha value is -2.39. The zero-order valence-corrected chi connectivity index (χ0v) is 13.3. The van der Waals surface area contributed by atoms with Crippen molar-refractivity contribution in [2.75, 3.05) is 0 Å². The van der Waals surface area contributed by atoms with Gasteiger partial charge < -0.3 is 4.57 Å². The first-order chi connectivity index (χ1) is 11.1. The fraction of sp³-hybridized carbons (Fsp3) is 0.105. The van der Waals surface area contributed by atoms with Crippen molar-refractivity contribution in [2.24, 2.45) is 0 Å². The van der Waals surface area contributed by atoms with Gasteiger partial charge in [0.1, 0.15) is 5.82 Å². The van der Waals surface area contributed by atoms with Crippen molar-refractivity contribution in [1.29, 1.82) is 0 Å². The number of hydrogen-bond donors (Lipinski definition) is 0. The van der Waals surface area contributed by atoms with Gasteiger partial charge in [-0.1, -0.05) is 48.0 Å². The molecule has 0 spiro atoms. The Kier molecular flexibility index (Phi) is 4.30. The lowest BCUT2D eigenvalue weighted by Crippen LogP contribution is -2.10. The first kappa shape index (κ1) is 15.5. The van der Waals surface area contributed by atoms with E-state index in [2.05, 4.69) is 0 Å².